The predicted molar refractivity (Wildman–Crippen MR) is 98.0 cm³/mol. The lowest BCUT2D eigenvalue weighted by Gasteiger charge is -2.09. The predicted octanol–water partition coefficient (Wildman–Crippen LogP) is 2.17. The van der Waals surface area contributed by atoms with Gasteiger partial charge in [0.1, 0.15) is 17.5 Å². The number of para-hydroxylation sites is 1. The van der Waals surface area contributed by atoms with Gasteiger partial charge in [0.05, 0.1) is 17.6 Å². The Morgan fingerprint density at radius 2 is 2.08 bits per heavy atom. The van der Waals surface area contributed by atoms with Gasteiger partial charge < -0.3 is 9.88 Å². The summed E-state index contributed by atoms with van der Waals surface area (Å²) >= 11 is 1.29. The number of carbonyl (C=O) groups is 1. The van der Waals surface area contributed by atoms with Gasteiger partial charge in [-0.2, -0.15) is 10.4 Å². The lowest BCUT2D eigenvalue weighted by atomic mass is 10.3. The first-order valence-electron chi connectivity index (χ1n) is 7.98. The molecule has 0 bridgehead atoms. The number of anilines is 1. The van der Waals surface area contributed by atoms with E-state index in [0.717, 1.165) is 17.9 Å². The molecule has 0 fully saturated rings. The molecule has 9 heteroatoms. The number of carbonyl (C=O) groups excluding carboxylic acids is 1. The third-order valence-electron chi connectivity index (χ3n) is 3.72. The molecule has 1 amide bonds. The van der Waals surface area contributed by atoms with Crippen molar-refractivity contribution in [2.24, 2.45) is 7.05 Å². The molecule has 132 valence electrons. The quantitative estimate of drug-likeness (QED) is 0.670. The molecule has 26 heavy (non-hydrogen) atoms. The minimum Gasteiger partial charge on any atom is -0.309 e. The van der Waals surface area contributed by atoms with Gasteiger partial charge in [0.15, 0.2) is 11.0 Å². The van der Waals surface area contributed by atoms with Crippen LogP contribution in [0.5, 0.6) is 0 Å². The maximum atomic E-state index is 12.4. The first kappa shape index (κ1) is 17.7. The van der Waals surface area contributed by atoms with Crippen molar-refractivity contribution >= 4 is 23.5 Å². The molecule has 0 aliphatic heterocycles. The standard InChI is InChI=1S/C17H17N7OS/c1-3-14-21-22-17(23(14)2)26-11-15(25)20-16-12(9-18)10-19-24(16)13-7-5-4-6-8-13/h4-8,10H,3,11H2,1-2H3,(H,20,25). The molecule has 2 aromatic heterocycles. The number of aromatic nitrogens is 5. The van der Waals surface area contributed by atoms with Crippen molar-refractivity contribution in [3.8, 4) is 11.8 Å². The van der Waals surface area contributed by atoms with Crippen LogP contribution in [0.25, 0.3) is 5.69 Å². The van der Waals surface area contributed by atoms with E-state index >= 15 is 0 Å². The van der Waals surface area contributed by atoms with Crippen LogP contribution in [0.1, 0.15) is 18.3 Å². The average Bonchev–Trinajstić information content (AvgIpc) is 3.23. The summed E-state index contributed by atoms with van der Waals surface area (Å²) in [5.41, 5.74) is 1.07. The molecule has 0 atom stereocenters. The molecule has 0 saturated heterocycles. The summed E-state index contributed by atoms with van der Waals surface area (Å²) in [4.78, 5) is 12.4. The minimum absolute atomic E-state index is 0.153. The Bertz CT molecular complexity index is 955. The van der Waals surface area contributed by atoms with E-state index in [1.54, 1.807) is 4.68 Å². The third-order valence-corrected chi connectivity index (χ3v) is 4.74. The van der Waals surface area contributed by atoms with Gasteiger partial charge in [-0.1, -0.05) is 36.9 Å². The number of nitrogens with zero attached hydrogens (tertiary/aromatic N) is 6. The molecule has 0 aliphatic rings. The normalized spacial score (nSPS) is 10.5. The van der Waals surface area contributed by atoms with E-state index in [4.69, 9.17) is 0 Å². The molecule has 0 spiro atoms. The largest absolute Gasteiger partial charge is 0.309 e. The van der Waals surface area contributed by atoms with Gasteiger partial charge >= 0.3 is 0 Å². The number of thioether (sulfide) groups is 1. The van der Waals surface area contributed by atoms with Crippen molar-refractivity contribution in [1.82, 2.24) is 24.5 Å². The first-order chi connectivity index (χ1) is 12.6. The SMILES string of the molecule is CCc1nnc(SCC(=O)Nc2c(C#N)cnn2-c2ccccc2)n1C. The van der Waals surface area contributed by atoms with Crippen molar-refractivity contribution in [3.05, 3.63) is 47.9 Å². The first-order valence-corrected chi connectivity index (χ1v) is 8.97. The molecule has 0 unspecified atom stereocenters. The molecular weight excluding hydrogens is 350 g/mol. The number of amides is 1. The summed E-state index contributed by atoms with van der Waals surface area (Å²) in [5.74, 6) is 1.13. The van der Waals surface area contributed by atoms with Crippen LogP contribution in [0.3, 0.4) is 0 Å². The smallest absolute Gasteiger partial charge is 0.236 e. The summed E-state index contributed by atoms with van der Waals surface area (Å²) < 4.78 is 3.41. The van der Waals surface area contributed by atoms with Gasteiger partial charge in [-0.3, -0.25) is 4.79 Å². The summed E-state index contributed by atoms with van der Waals surface area (Å²) in [7, 11) is 1.87. The number of benzene rings is 1. The summed E-state index contributed by atoms with van der Waals surface area (Å²) in [6.07, 6.45) is 2.21. The monoisotopic (exact) mass is 367 g/mol. The highest BCUT2D eigenvalue weighted by Gasteiger charge is 2.16. The molecule has 1 N–H and O–H groups in total. The van der Waals surface area contributed by atoms with Crippen molar-refractivity contribution in [2.75, 3.05) is 11.1 Å². The molecule has 8 nitrogen and oxygen atoms in total. The second-order valence-electron chi connectivity index (χ2n) is 5.41. The van der Waals surface area contributed by atoms with E-state index in [-0.39, 0.29) is 11.7 Å². The topological polar surface area (TPSA) is 101 Å². The van der Waals surface area contributed by atoms with Crippen LogP contribution in [-0.2, 0) is 18.3 Å². The van der Waals surface area contributed by atoms with Gasteiger partial charge in [-0.05, 0) is 12.1 Å². The molecule has 0 aliphatic carbocycles. The fraction of sp³-hybridized carbons (Fsp3) is 0.235. The number of hydrogen-bond acceptors (Lipinski definition) is 6. The second-order valence-corrected chi connectivity index (χ2v) is 6.36. The molecule has 2 heterocycles. The molecule has 1 aromatic carbocycles. The number of aryl methyl sites for hydroxylation is 1. The van der Waals surface area contributed by atoms with Gasteiger partial charge in [0.2, 0.25) is 5.91 Å². The number of rotatable bonds is 6. The lowest BCUT2D eigenvalue weighted by molar-refractivity contribution is -0.113. The fourth-order valence-corrected chi connectivity index (χ4v) is 3.12. The van der Waals surface area contributed by atoms with Crippen LogP contribution in [0.15, 0.2) is 41.7 Å². The van der Waals surface area contributed by atoms with Gasteiger partial charge in [0.25, 0.3) is 0 Å². The van der Waals surface area contributed by atoms with E-state index in [0.29, 0.717) is 16.5 Å². The lowest BCUT2D eigenvalue weighted by Crippen LogP contribution is -2.18. The zero-order chi connectivity index (χ0) is 18.5. The second kappa shape index (κ2) is 7.84. The zero-order valence-corrected chi connectivity index (χ0v) is 15.2. The third kappa shape index (κ3) is 3.60. The highest BCUT2D eigenvalue weighted by molar-refractivity contribution is 7.99. The minimum atomic E-state index is -0.245. The Labute approximate surface area is 154 Å². The van der Waals surface area contributed by atoms with E-state index in [1.807, 2.05) is 48.9 Å². The van der Waals surface area contributed by atoms with Gasteiger partial charge in [0, 0.05) is 13.5 Å². The summed E-state index contributed by atoms with van der Waals surface area (Å²) in [6.45, 7) is 2.00. The van der Waals surface area contributed by atoms with Crippen LogP contribution < -0.4 is 5.32 Å². The van der Waals surface area contributed by atoms with Crippen LogP contribution in [0.4, 0.5) is 5.82 Å². The van der Waals surface area contributed by atoms with Crippen LogP contribution in [-0.4, -0.2) is 36.2 Å². The number of nitriles is 1. The molecule has 0 radical (unpaired) electrons. The number of nitrogens with one attached hydrogen (secondary N) is 1. The van der Waals surface area contributed by atoms with E-state index in [9.17, 15) is 10.1 Å². The summed E-state index contributed by atoms with van der Waals surface area (Å²) in [5, 5.41) is 25.1. The molecule has 3 aromatic rings. The highest BCUT2D eigenvalue weighted by Crippen LogP contribution is 2.21. The van der Waals surface area contributed by atoms with Gasteiger partial charge in [-0.25, -0.2) is 4.68 Å². The Hall–Kier alpha value is -3.12. The summed E-state index contributed by atoms with van der Waals surface area (Å²) in [6, 6.07) is 11.4. The maximum Gasteiger partial charge on any atom is 0.236 e. The molecular formula is C17H17N7OS. The van der Waals surface area contributed by atoms with Crippen LogP contribution >= 0.6 is 11.8 Å². The van der Waals surface area contributed by atoms with Crippen molar-refractivity contribution in [3.63, 3.8) is 0 Å². The fourth-order valence-electron chi connectivity index (χ4n) is 2.39. The Balaban J connectivity index is 1.74. The van der Waals surface area contributed by atoms with E-state index in [2.05, 4.69) is 26.7 Å². The Kier molecular flexibility index (Phi) is 5.34. The van der Waals surface area contributed by atoms with Crippen molar-refractivity contribution in [1.29, 1.82) is 5.26 Å². The van der Waals surface area contributed by atoms with E-state index < -0.39 is 0 Å². The van der Waals surface area contributed by atoms with Crippen molar-refractivity contribution < 1.29 is 4.79 Å². The van der Waals surface area contributed by atoms with E-state index in [1.165, 1.54) is 18.0 Å². The Morgan fingerprint density at radius 3 is 2.73 bits per heavy atom. The zero-order valence-electron chi connectivity index (χ0n) is 14.4. The molecule has 3 rings (SSSR count). The Morgan fingerprint density at radius 1 is 1.31 bits per heavy atom. The maximum absolute atomic E-state index is 12.4. The van der Waals surface area contributed by atoms with Crippen LogP contribution in [0.2, 0.25) is 0 Å². The average molecular weight is 367 g/mol. The van der Waals surface area contributed by atoms with Crippen molar-refractivity contribution in [2.45, 2.75) is 18.5 Å². The van der Waals surface area contributed by atoms with Crippen LogP contribution in [0, 0.1) is 11.3 Å². The number of hydrogen-bond donors (Lipinski definition) is 1. The molecule has 0 saturated carbocycles. The highest BCUT2D eigenvalue weighted by atomic mass is 32.2. The van der Waals surface area contributed by atoms with Gasteiger partial charge in [-0.15, -0.1) is 10.2 Å².